The molecule has 0 aliphatic heterocycles. The number of amides is 1. The fourth-order valence-corrected chi connectivity index (χ4v) is 4.02. The quantitative estimate of drug-likeness (QED) is 0.380. The summed E-state index contributed by atoms with van der Waals surface area (Å²) in [5, 5.41) is 3.76. The lowest BCUT2D eigenvalue weighted by Gasteiger charge is -2.16. The summed E-state index contributed by atoms with van der Waals surface area (Å²) >= 11 is 1.47. The van der Waals surface area contributed by atoms with E-state index in [1.807, 2.05) is 79.7 Å². The van der Waals surface area contributed by atoms with Crippen LogP contribution in [0.3, 0.4) is 0 Å². The van der Waals surface area contributed by atoms with E-state index in [1.165, 1.54) is 11.8 Å². The molecule has 32 heavy (non-hydrogen) atoms. The molecule has 1 N–H and O–H groups in total. The number of hydrogen-bond donors (Lipinski definition) is 1. The summed E-state index contributed by atoms with van der Waals surface area (Å²) in [6, 6.07) is 26.7. The fourth-order valence-electron chi connectivity index (χ4n) is 3.12. The minimum Gasteiger partial charge on any atom is -0.487 e. The summed E-state index contributed by atoms with van der Waals surface area (Å²) in [5.41, 5.74) is 2.37. The summed E-state index contributed by atoms with van der Waals surface area (Å²) in [5.74, 6) is 0.569. The molecule has 0 aliphatic carbocycles. The van der Waals surface area contributed by atoms with Crippen molar-refractivity contribution < 1.29 is 9.53 Å². The van der Waals surface area contributed by atoms with Gasteiger partial charge in [-0.3, -0.25) is 9.78 Å². The maximum absolute atomic E-state index is 13.0. The molecule has 0 spiro atoms. The molecule has 1 unspecified atom stereocenters. The van der Waals surface area contributed by atoms with Gasteiger partial charge in [-0.15, -0.1) is 0 Å². The number of carbonyl (C=O) groups is 1. The van der Waals surface area contributed by atoms with Gasteiger partial charge >= 0.3 is 0 Å². The van der Waals surface area contributed by atoms with Crippen LogP contribution in [-0.2, 0) is 6.61 Å². The number of benzene rings is 2. The van der Waals surface area contributed by atoms with Gasteiger partial charge in [-0.1, -0.05) is 48.2 Å². The number of carbonyl (C=O) groups excluding carboxylic acids is 1. The molecule has 160 valence electrons. The van der Waals surface area contributed by atoms with Crippen molar-refractivity contribution in [3.8, 4) is 5.75 Å². The molecule has 2 heterocycles. The standard InChI is InChI=1S/C26H23N3O2S/c1-19(20-9-7-11-22(17-20)31-18-21-10-5-6-15-27-21)29-25(30)24-14-8-16-28-26(24)32-23-12-3-2-4-13-23/h2-17,19H,18H2,1H3,(H,29,30). The molecule has 5 nitrogen and oxygen atoms in total. The molecule has 6 heteroatoms. The van der Waals surface area contributed by atoms with Crippen LogP contribution in [0, 0.1) is 0 Å². The summed E-state index contributed by atoms with van der Waals surface area (Å²) < 4.78 is 5.87. The molecule has 0 radical (unpaired) electrons. The van der Waals surface area contributed by atoms with Crippen LogP contribution < -0.4 is 10.1 Å². The molecule has 0 aliphatic rings. The second-order valence-corrected chi connectivity index (χ2v) is 8.21. The SMILES string of the molecule is CC(NC(=O)c1cccnc1Sc1ccccc1)c1cccc(OCc2ccccn2)c1. The van der Waals surface area contributed by atoms with Gasteiger partial charge in [0.05, 0.1) is 17.3 Å². The Morgan fingerprint density at radius 1 is 0.938 bits per heavy atom. The maximum atomic E-state index is 13.0. The van der Waals surface area contributed by atoms with Crippen LogP contribution in [0.5, 0.6) is 5.75 Å². The van der Waals surface area contributed by atoms with E-state index in [2.05, 4.69) is 15.3 Å². The second-order valence-electron chi connectivity index (χ2n) is 7.15. The number of rotatable bonds is 8. The Morgan fingerprint density at radius 3 is 2.56 bits per heavy atom. The van der Waals surface area contributed by atoms with Gasteiger partial charge in [0.2, 0.25) is 0 Å². The van der Waals surface area contributed by atoms with Crippen LogP contribution in [0.25, 0.3) is 0 Å². The van der Waals surface area contributed by atoms with E-state index in [1.54, 1.807) is 24.5 Å². The second kappa shape index (κ2) is 10.6. The Balaban J connectivity index is 1.43. The maximum Gasteiger partial charge on any atom is 0.254 e. The smallest absolute Gasteiger partial charge is 0.254 e. The van der Waals surface area contributed by atoms with E-state index >= 15 is 0 Å². The number of nitrogens with zero attached hydrogens (tertiary/aromatic N) is 2. The van der Waals surface area contributed by atoms with Gasteiger partial charge < -0.3 is 10.1 Å². The van der Waals surface area contributed by atoms with Crippen molar-refractivity contribution in [1.82, 2.24) is 15.3 Å². The molecule has 0 bridgehead atoms. The van der Waals surface area contributed by atoms with E-state index in [0.29, 0.717) is 17.2 Å². The summed E-state index contributed by atoms with van der Waals surface area (Å²) in [4.78, 5) is 22.8. The Bertz CT molecular complexity index is 1170. The van der Waals surface area contributed by atoms with Crippen molar-refractivity contribution in [2.45, 2.75) is 29.5 Å². The van der Waals surface area contributed by atoms with Gasteiger partial charge in [0.1, 0.15) is 17.4 Å². The van der Waals surface area contributed by atoms with Gasteiger partial charge in [0.15, 0.2) is 0 Å². The summed E-state index contributed by atoms with van der Waals surface area (Å²) in [6.07, 6.45) is 3.45. The Kier molecular flexibility index (Phi) is 7.15. The van der Waals surface area contributed by atoms with Crippen molar-refractivity contribution in [1.29, 1.82) is 0 Å². The molecule has 0 saturated carbocycles. The van der Waals surface area contributed by atoms with Crippen molar-refractivity contribution >= 4 is 17.7 Å². The molecule has 4 aromatic rings. The van der Waals surface area contributed by atoms with Crippen LogP contribution in [0.2, 0.25) is 0 Å². The summed E-state index contributed by atoms with van der Waals surface area (Å²) in [7, 11) is 0. The molecule has 0 saturated heterocycles. The van der Waals surface area contributed by atoms with Gasteiger partial charge in [-0.2, -0.15) is 0 Å². The van der Waals surface area contributed by atoms with Crippen LogP contribution in [0.1, 0.15) is 34.6 Å². The van der Waals surface area contributed by atoms with Crippen LogP contribution in [0.15, 0.2) is 107 Å². The van der Waals surface area contributed by atoms with Crippen molar-refractivity contribution in [3.05, 3.63) is 114 Å². The van der Waals surface area contributed by atoms with Crippen LogP contribution >= 0.6 is 11.8 Å². The minimum absolute atomic E-state index is 0.163. The third kappa shape index (κ3) is 5.74. The Morgan fingerprint density at radius 2 is 1.75 bits per heavy atom. The van der Waals surface area contributed by atoms with Gasteiger partial charge in [0.25, 0.3) is 5.91 Å². The molecule has 0 fully saturated rings. The molecule has 2 aromatic carbocycles. The number of aromatic nitrogens is 2. The lowest BCUT2D eigenvalue weighted by molar-refractivity contribution is 0.0936. The molecular formula is C26H23N3O2S. The van der Waals surface area contributed by atoms with Crippen molar-refractivity contribution in [2.24, 2.45) is 0 Å². The first-order valence-corrected chi connectivity index (χ1v) is 11.1. The first kappa shape index (κ1) is 21.6. The van der Waals surface area contributed by atoms with Gasteiger partial charge in [0, 0.05) is 17.3 Å². The number of nitrogens with one attached hydrogen (secondary N) is 1. The summed E-state index contributed by atoms with van der Waals surface area (Å²) in [6.45, 7) is 2.34. The average molecular weight is 442 g/mol. The van der Waals surface area contributed by atoms with E-state index in [9.17, 15) is 4.79 Å². The highest BCUT2D eigenvalue weighted by atomic mass is 32.2. The van der Waals surface area contributed by atoms with Crippen LogP contribution in [0.4, 0.5) is 0 Å². The van der Waals surface area contributed by atoms with Crippen molar-refractivity contribution in [2.75, 3.05) is 0 Å². The minimum atomic E-state index is -0.198. The zero-order valence-electron chi connectivity index (χ0n) is 17.6. The van der Waals surface area contributed by atoms with E-state index < -0.39 is 0 Å². The highest BCUT2D eigenvalue weighted by Crippen LogP contribution is 2.29. The number of pyridine rings is 2. The fraction of sp³-hybridized carbons (Fsp3) is 0.115. The Hall–Kier alpha value is -3.64. The van der Waals surface area contributed by atoms with Crippen molar-refractivity contribution in [3.63, 3.8) is 0 Å². The molecule has 4 rings (SSSR count). The Labute approximate surface area is 191 Å². The van der Waals surface area contributed by atoms with Crippen LogP contribution in [-0.4, -0.2) is 15.9 Å². The first-order valence-electron chi connectivity index (χ1n) is 10.3. The van der Waals surface area contributed by atoms with E-state index in [-0.39, 0.29) is 11.9 Å². The molecule has 1 amide bonds. The normalized spacial score (nSPS) is 11.5. The zero-order chi connectivity index (χ0) is 22.2. The van der Waals surface area contributed by atoms with Gasteiger partial charge in [-0.25, -0.2) is 4.98 Å². The number of ether oxygens (including phenoxy) is 1. The predicted molar refractivity (Wildman–Crippen MR) is 126 cm³/mol. The third-order valence-corrected chi connectivity index (χ3v) is 5.82. The molecule has 1 atom stereocenters. The highest BCUT2D eigenvalue weighted by Gasteiger charge is 2.17. The largest absolute Gasteiger partial charge is 0.487 e. The van der Waals surface area contributed by atoms with E-state index in [0.717, 1.165) is 21.9 Å². The van der Waals surface area contributed by atoms with E-state index in [4.69, 9.17) is 4.74 Å². The topological polar surface area (TPSA) is 64.1 Å². The third-order valence-electron chi connectivity index (χ3n) is 4.79. The highest BCUT2D eigenvalue weighted by molar-refractivity contribution is 7.99. The lowest BCUT2D eigenvalue weighted by Crippen LogP contribution is -2.27. The monoisotopic (exact) mass is 441 g/mol. The lowest BCUT2D eigenvalue weighted by atomic mass is 10.1. The molecular weight excluding hydrogens is 418 g/mol. The zero-order valence-corrected chi connectivity index (χ0v) is 18.5. The molecule has 2 aromatic heterocycles. The predicted octanol–water partition coefficient (Wildman–Crippen LogP) is 5.70. The first-order chi connectivity index (χ1) is 15.7. The average Bonchev–Trinajstić information content (AvgIpc) is 2.84. The number of hydrogen-bond acceptors (Lipinski definition) is 5. The van der Waals surface area contributed by atoms with Gasteiger partial charge in [-0.05, 0) is 61.0 Å².